The molecule has 1 N–H and O–H groups in total. The maximum Gasteiger partial charge on any atom is 0.268 e. The molecule has 6 nitrogen and oxygen atoms in total. The Morgan fingerprint density at radius 1 is 1.16 bits per heavy atom. The van der Waals surface area contributed by atoms with Gasteiger partial charge in [0.1, 0.15) is 16.3 Å². The van der Waals surface area contributed by atoms with Gasteiger partial charge in [0, 0.05) is 43.6 Å². The second-order valence-corrected chi connectivity index (χ2v) is 9.77. The molecule has 8 heteroatoms. The smallest absolute Gasteiger partial charge is 0.268 e. The van der Waals surface area contributed by atoms with Crippen LogP contribution in [0.3, 0.4) is 0 Å². The summed E-state index contributed by atoms with van der Waals surface area (Å²) in [7, 11) is 2.21. The summed E-state index contributed by atoms with van der Waals surface area (Å²) < 4.78 is 13.8. The topological polar surface area (TPSA) is 55.5 Å². The summed E-state index contributed by atoms with van der Waals surface area (Å²) >= 11 is 1.40. The molecule has 164 valence electrons. The zero-order valence-corrected chi connectivity index (χ0v) is 18.6. The quantitative estimate of drug-likeness (QED) is 0.675. The van der Waals surface area contributed by atoms with E-state index in [0.717, 1.165) is 36.6 Å². The van der Waals surface area contributed by atoms with E-state index >= 15 is 0 Å². The first-order valence-corrected chi connectivity index (χ1v) is 11.8. The van der Waals surface area contributed by atoms with Gasteiger partial charge in [-0.25, -0.2) is 9.37 Å². The number of fused-ring (bicyclic) bond motifs is 1. The van der Waals surface area contributed by atoms with Crippen LogP contribution < -0.4 is 5.56 Å². The molecular formula is C23H28FN5OS. The summed E-state index contributed by atoms with van der Waals surface area (Å²) in [6.07, 6.45) is 2.58. The highest BCUT2D eigenvalue weighted by atomic mass is 32.1. The monoisotopic (exact) mass is 441 g/mol. The van der Waals surface area contributed by atoms with Crippen LogP contribution in [0.25, 0.3) is 20.7 Å². The summed E-state index contributed by atoms with van der Waals surface area (Å²) in [5.74, 6) is 0.450. The van der Waals surface area contributed by atoms with Gasteiger partial charge >= 0.3 is 0 Å². The molecule has 2 aliphatic rings. The van der Waals surface area contributed by atoms with E-state index in [4.69, 9.17) is 4.98 Å². The second kappa shape index (κ2) is 8.78. The first-order chi connectivity index (χ1) is 15.0. The van der Waals surface area contributed by atoms with Gasteiger partial charge < -0.3 is 9.88 Å². The lowest BCUT2D eigenvalue weighted by Gasteiger charge is -2.42. The molecule has 2 aliphatic heterocycles. The highest BCUT2D eigenvalue weighted by molar-refractivity contribution is 7.22. The number of piperidine rings is 1. The van der Waals surface area contributed by atoms with Gasteiger partial charge in [0.2, 0.25) is 0 Å². The van der Waals surface area contributed by atoms with Crippen molar-refractivity contribution in [1.29, 1.82) is 0 Å². The Morgan fingerprint density at radius 3 is 2.68 bits per heavy atom. The molecule has 0 amide bonds. The second-order valence-electron chi connectivity index (χ2n) is 8.71. The van der Waals surface area contributed by atoms with Crippen LogP contribution in [0.4, 0.5) is 4.39 Å². The molecule has 0 radical (unpaired) electrons. The molecule has 3 aromatic rings. The van der Waals surface area contributed by atoms with Gasteiger partial charge in [0.15, 0.2) is 0 Å². The fourth-order valence-corrected chi connectivity index (χ4v) is 5.75. The largest absolute Gasteiger partial charge is 0.308 e. The molecule has 2 fully saturated rings. The number of aromatic nitrogens is 2. The van der Waals surface area contributed by atoms with Crippen LogP contribution in [-0.2, 0) is 6.54 Å². The number of nitrogens with one attached hydrogen (secondary N) is 1. The first kappa shape index (κ1) is 20.8. The Labute approximate surface area is 185 Å². The average molecular weight is 442 g/mol. The summed E-state index contributed by atoms with van der Waals surface area (Å²) in [5, 5.41) is 0. The predicted octanol–water partition coefficient (Wildman–Crippen LogP) is 3.00. The number of likely N-dealkylation sites (N-methyl/N-ethyl adjacent to an activating group) is 1. The third-order valence-electron chi connectivity index (χ3n) is 6.46. The van der Waals surface area contributed by atoms with Gasteiger partial charge in [-0.1, -0.05) is 12.1 Å². The average Bonchev–Trinajstić information content (AvgIpc) is 3.20. The molecule has 1 atom stereocenters. The summed E-state index contributed by atoms with van der Waals surface area (Å²) in [5.41, 5.74) is 1.52. The molecule has 2 aromatic heterocycles. The summed E-state index contributed by atoms with van der Waals surface area (Å²) in [6.45, 7) is 7.16. The number of benzene rings is 1. The van der Waals surface area contributed by atoms with Crippen molar-refractivity contribution in [3.63, 3.8) is 0 Å². The third-order valence-corrected chi connectivity index (χ3v) is 7.63. The number of thiophene rings is 1. The predicted molar refractivity (Wildman–Crippen MR) is 123 cm³/mol. The molecule has 31 heavy (non-hydrogen) atoms. The molecule has 0 aliphatic carbocycles. The van der Waals surface area contributed by atoms with E-state index < -0.39 is 0 Å². The minimum atomic E-state index is -0.265. The van der Waals surface area contributed by atoms with Crippen LogP contribution in [-0.4, -0.2) is 77.0 Å². The fourth-order valence-electron chi connectivity index (χ4n) is 4.76. The van der Waals surface area contributed by atoms with E-state index in [2.05, 4.69) is 26.7 Å². The molecule has 1 aromatic carbocycles. The van der Waals surface area contributed by atoms with Crippen LogP contribution >= 0.6 is 11.3 Å². The molecular weight excluding hydrogens is 413 g/mol. The SMILES string of the molecule is CN1CCCC(N2CCN(Cc3nc4cc(-c5ccc(F)cc5)sc4c(=O)[nH]3)CC2)C1. The maximum atomic E-state index is 13.2. The van der Waals surface area contributed by atoms with Gasteiger partial charge in [-0.05, 0) is 50.2 Å². The Bertz CT molecular complexity index is 1100. The van der Waals surface area contributed by atoms with E-state index in [-0.39, 0.29) is 11.4 Å². The van der Waals surface area contributed by atoms with Gasteiger partial charge in [-0.2, -0.15) is 0 Å². The minimum Gasteiger partial charge on any atom is -0.308 e. The van der Waals surface area contributed by atoms with Crippen LogP contribution in [0.15, 0.2) is 35.1 Å². The number of aromatic amines is 1. The summed E-state index contributed by atoms with van der Waals surface area (Å²) in [6, 6.07) is 8.95. The van der Waals surface area contributed by atoms with Crippen molar-refractivity contribution in [2.24, 2.45) is 0 Å². The van der Waals surface area contributed by atoms with Crippen molar-refractivity contribution in [2.45, 2.75) is 25.4 Å². The number of hydrogen-bond donors (Lipinski definition) is 1. The lowest BCUT2D eigenvalue weighted by atomic mass is 10.0. The number of rotatable bonds is 4. The Balaban J connectivity index is 1.27. The Kier molecular flexibility index (Phi) is 5.88. The highest BCUT2D eigenvalue weighted by Crippen LogP contribution is 2.31. The van der Waals surface area contributed by atoms with Crippen molar-refractivity contribution < 1.29 is 4.39 Å². The van der Waals surface area contributed by atoms with Gasteiger partial charge in [-0.3, -0.25) is 14.6 Å². The van der Waals surface area contributed by atoms with Crippen molar-refractivity contribution in [3.05, 3.63) is 52.3 Å². The van der Waals surface area contributed by atoms with Crippen molar-refractivity contribution in [3.8, 4) is 10.4 Å². The number of H-pyrrole nitrogens is 1. The van der Waals surface area contributed by atoms with Gasteiger partial charge in [0.25, 0.3) is 5.56 Å². The minimum absolute atomic E-state index is 0.0951. The fraction of sp³-hybridized carbons (Fsp3) is 0.478. The van der Waals surface area contributed by atoms with Crippen LogP contribution in [0.5, 0.6) is 0 Å². The number of hydrogen-bond acceptors (Lipinski definition) is 6. The van der Waals surface area contributed by atoms with Gasteiger partial charge in [-0.15, -0.1) is 11.3 Å². The van der Waals surface area contributed by atoms with Crippen molar-refractivity contribution >= 4 is 21.6 Å². The number of nitrogens with zero attached hydrogens (tertiary/aromatic N) is 4. The molecule has 1 unspecified atom stereocenters. The Hall–Kier alpha value is -2.13. The van der Waals surface area contributed by atoms with E-state index in [9.17, 15) is 9.18 Å². The zero-order valence-electron chi connectivity index (χ0n) is 17.8. The van der Waals surface area contributed by atoms with Crippen LogP contribution in [0, 0.1) is 5.82 Å². The molecule has 5 rings (SSSR count). The molecule has 2 saturated heterocycles. The first-order valence-electron chi connectivity index (χ1n) is 11.0. The van der Waals surface area contributed by atoms with Crippen molar-refractivity contribution in [2.75, 3.05) is 46.3 Å². The highest BCUT2D eigenvalue weighted by Gasteiger charge is 2.27. The van der Waals surface area contributed by atoms with Crippen molar-refractivity contribution in [1.82, 2.24) is 24.7 Å². The standard InChI is InChI=1S/C23H28FN5OS/c1-27-8-2-3-18(14-27)29-11-9-28(10-12-29)15-21-25-19-13-20(31-22(19)23(30)26-21)16-4-6-17(24)7-5-16/h4-7,13,18H,2-3,8-12,14-15H2,1H3,(H,25,26,30). The number of likely N-dealkylation sites (tertiary alicyclic amines) is 1. The number of piperazine rings is 1. The van der Waals surface area contributed by atoms with Crippen LogP contribution in [0.2, 0.25) is 0 Å². The Morgan fingerprint density at radius 2 is 1.94 bits per heavy atom. The molecule has 0 bridgehead atoms. The molecule has 0 spiro atoms. The number of halogens is 1. The lowest BCUT2D eigenvalue weighted by Crippen LogP contribution is -2.54. The van der Waals surface area contributed by atoms with Gasteiger partial charge in [0.05, 0.1) is 12.1 Å². The van der Waals surface area contributed by atoms with E-state index in [1.807, 2.05) is 6.07 Å². The molecule has 4 heterocycles. The van der Waals surface area contributed by atoms with E-state index in [0.29, 0.717) is 28.6 Å². The lowest BCUT2D eigenvalue weighted by molar-refractivity contribution is 0.0560. The van der Waals surface area contributed by atoms with E-state index in [1.165, 1.54) is 49.4 Å². The molecule has 0 saturated carbocycles. The maximum absolute atomic E-state index is 13.2. The zero-order chi connectivity index (χ0) is 21.4. The van der Waals surface area contributed by atoms with Crippen LogP contribution in [0.1, 0.15) is 18.7 Å². The summed E-state index contributed by atoms with van der Waals surface area (Å²) in [4.78, 5) is 28.7. The normalized spacial score (nSPS) is 21.7. The third kappa shape index (κ3) is 4.57. The van der Waals surface area contributed by atoms with E-state index in [1.54, 1.807) is 12.1 Å².